The van der Waals surface area contributed by atoms with E-state index in [0.29, 0.717) is 13.0 Å². The van der Waals surface area contributed by atoms with E-state index < -0.39 is 11.8 Å². The van der Waals surface area contributed by atoms with Crippen LogP contribution >= 0.6 is 0 Å². The average Bonchev–Trinajstić information content (AvgIpc) is 2.56. The van der Waals surface area contributed by atoms with Crippen LogP contribution in [0.2, 0.25) is 0 Å². The van der Waals surface area contributed by atoms with Gasteiger partial charge < -0.3 is 5.11 Å². The summed E-state index contributed by atoms with van der Waals surface area (Å²) in [6.07, 6.45) is 2.68. The molecule has 1 rings (SSSR count). The Labute approximate surface area is 94.1 Å². The first-order chi connectivity index (χ1) is 7.67. The normalized spacial score (nSPS) is 17.0. The van der Waals surface area contributed by atoms with Gasteiger partial charge in [-0.3, -0.25) is 25.2 Å². The molecule has 3 N–H and O–H groups in total. The number of nitrogens with one attached hydrogen (secondary N) is 2. The summed E-state index contributed by atoms with van der Waals surface area (Å²) in [5.41, 5.74) is 0. The van der Waals surface area contributed by atoms with E-state index in [1.54, 1.807) is 0 Å². The number of carbonyl (C=O) groups excluding carboxylic acids is 2. The lowest BCUT2D eigenvalue weighted by molar-refractivity contribution is -0.135. The molecule has 1 aliphatic rings. The maximum absolute atomic E-state index is 10.8. The molecule has 1 heterocycles. The number of aliphatic hydroxyl groups excluding tert-OH is 1. The minimum Gasteiger partial charge on any atom is -0.396 e. The minimum absolute atomic E-state index is 0.133. The van der Waals surface area contributed by atoms with Gasteiger partial charge >= 0.3 is 11.8 Å². The van der Waals surface area contributed by atoms with Crippen LogP contribution in [0.5, 0.6) is 0 Å². The van der Waals surface area contributed by atoms with E-state index in [-0.39, 0.29) is 18.5 Å². The summed E-state index contributed by atoms with van der Waals surface area (Å²) in [7, 11) is 0. The Hall–Kier alpha value is -1.43. The molecular weight excluding hydrogens is 210 g/mol. The highest BCUT2D eigenvalue weighted by molar-refractivity contribution is 6.45. The topological polar surface area (TPSA) is 90.8 Å². The largest absolute Gasteiger partial charge is 0.396 e. The molecule has 0 aromatic rings. The summed E-state index contributed by atoms with van der Waals surface area (Å²) < 4.78 is 0. The van der Waals surface area contributed by atoms with E-state index in [0.717, 1.165) is 12.8 Å². The highest BCUT2D eigenvalue weighted by Gasteiger charge is 2.25. The SMILES string of the molecule is CCCC(CCO)CN=C1NC(=O)C(=O)N1. The molecule has 0 saturated carbocycles. The molecule has 1 aliphatic heterocycles. The molecule has 16 heavy (non-hydrogen) atoms. The van der Waals surface area contributed by atoms with E-state index in [1.165, 1.54) is 0 Å². The van der Waals surface area contributed by atoms with Gasteiger partial charge in [0.25, 0.3) is 0 Å². The molecule has 0 aromatic carbocycles. The van der Waals surface area contributed by atoms with E-state index >= 15 is 0 Å². The van der Waals surface area contributed by atoms with Crippen molar-refractivity contribution in [2.24, 2.45) is 10.9 Å². The zero-order chi connectivity index (χ0) is 12.0. The van der Waals surface area contributed by atoms with Gasteiger partial charge in [-0.2, -0.15) is 0 Å². The molecular formula is C10H17N3O3. The number of aliphatic hydroxyl groups is 1. The second-order valence-electron chi connectivity index (χ2n) is 3.76. The van der Waals surface area contributed by atoms with Crippen LogP contribution < -0.4 is 10.6 Å². The van der Waals surface area contributed by atoms with Crippen LogP contribution in [0, 0.1) is 5.92 Å². The third kappa shape index (κ3) is 3.62. The third-order valence-corrected chi connectivity index (χ3v) is 2.41. The van der Waals surface area contributed by atoms with Crippen molar-refractivity contribution in [3.05, 3.63) is 0 Å². The number of hydrogen-bond donors (Lipinski definition) is 3. The lowest BCUT2D eigenvalue weighted by Gasteiger charge is -2.11. The average molecular weight is 227 g/mol. The van der Waals surface area contributed by atoms with Crippen LogP contribution in [-0.4, -0.2) is 36.0 Å². The Morgan fingerprint density at radius 1 is 1.25 bits per heavy atom. The highest BCUT2D eigenvalue weighted by atomic mass is 16.3. The summed E-state index contributed by atoms with van der Waals surface area (Å²) in [4.78, 5) is 25.8. The maximum atomic E-state index is 10.8. The third-order valence-electron chi connectivity index (χ3n) is 2.41. The fourth-order valence-corrected chi connectivity index (χ4v) is 1.58. The van der Waals surface area contributed by atoms with Crippen molar-refractivity contribution in [2.75, 3.05) is 13.2 Å². The van der Waals surface area contributed by atoms with E-state index in [9.17, 15) is 9.59 Å². The predicted molar refractivity (Wildman–Crippen MR) is 58.7 cm³/mol. The lowest BCUT2D eigenvalue weighted by atomic mass is 10.0. The molecule has 0 aromatic heterocycles. The fourth-order valence-electron chi connectivity index (χ4n) is 1.58. The van der Waals surface area contributed by atoms with Crippen molar-refractivity contribution in [3.63, 3.8) is 0 Å². The van der Waals surface area contributed by atoms with Crippen LogP contribution in [0.25, 0.3) is 0 Å². The Morgan fingerprint density at radius 3 is 2.38 bits per heavy atom. The van der Waals surface area contributed by atoms with Crippen molar-refractivity contribution in [2.45, 2.75) is 26.2 Å². The highest BCUT2D eigenvalue weighted by Crippen LogP contribution is 2.11. The van der Waals surface area contributed by atoms with Crippen LogP contribution in [0.3, 0.4) is 0 Å². The first-order valence-electron chi connectivity index (χ1n) is 5.45. The van der Waals surface area contributed by atoms with E-state index in [2.05, 4.69) is 22.5 Å². The first-order valence-corrected chi connectivity index (χ1v) is 5.45. The molecule has 0 spiro atoms. The van der Waals surface area contributed by atoms with E-state index in [1.807, 2.05) is 0 Å². The number of aliphatic imine (C=N–C) groups is 1. The maximum Gasteiger partial charge on any atom is 0.316 e. The molecule has 1 saturated heterocycles. The number of rotatable bonds is 6. The number of amides is 2. The summed E-state index contributed by atoms with van der Waals surface area (Å²) in [5, 5.41) is 13.5. The first kappa shape index (κ1) is 12.6. The number of guanidine groups is 1. The molecule has 6 nitrogen and oxygen atoms in total. The predicted octanol–water partition coefficient (Wildman–Crippen LogP) is -0.613. The molecule has 0 aliphatic carbocycles. The Morgan fingerprint density at radius 2 is 1.88 bits per heavy atom. The fraction of sp³-hybridized carbons (Fsp3) is 0.700. The zero-order valence-corrected chi connectivity index (χ0v) is 9.32. The van der Waals surface area contributed by atoms with Crippen molar-refractivity contribution in [1.29, 1.82) is 0 Å². The molecule has 1 unspecified atom stereocenters. The second-order valence-corrected chi connectivity index (χ2v) is 3.76. The van der Waals surface area contributed by atoms with Crippen molar-refractivity contribution >= 4 is 17.8 Å². The van der Waals surface area contributed by atoms with Gasteiger partial charge in [0.15, 0.2) is 0 Å². The van der Waals surface area contributed by atoms with Gasteiger partial charge in [0.1, 0.15) is 0 Å². The van der Waals surface area contributed by atoms with Gasteiger partial charge in [-0.1, -0.05) is 13.3 Å². The number of nitrogens with zero attached hydrogens (tertiary/aromatic N) is 1. The van der Waals surface area contributed by atoms with Gasteiger partial charge in [0, 0.05) is 13.2 Å². The van der Waals surface area contributed by atoms with Crippen LogP contribution in [0.15, 0.2) is 4.99 Å². The van der Waals surface area contributed by atoms with Gasteiger partial charge in [0.2, 0.25) is 5.96 Å². The van der Waals surface area contributed by atoms with Crippen LogP contribution in [0.4, 0.5) is 0 Å². The van der Waals surface area contributed by atoms with Crippen molar-refractivity contribution < 1.29 is 14.7 Å². The van der Waals surface area contributed by atoms with E-state index in [4.69, 9.17) is 5.11 Å². The zero-order valence-electron chi connectivity index (χ0n) is 9.32. The Balaban J connectivity index is 2.44. The van der Waals surface area contributed by atoms with Crippen molar-refractivity contribution in [3.8, 4) is 0 Å². The second kappa shape index (κ2) is 6.22. The quantitative estimate of drug-likeness (QED) is 0.528. The van der Waals surface area contributed by atoms with Crippen LogP contribution in [0.1, 0.15) is 26.2 Å². The van der Waals surface area contributed by atoms with Crippen LogP contribution in [-0.2, 0) is 9.59 Å². The molecule has 0 bridgehead atoms. The van der Waals surface area contributed by atoms with Gasteiger partial charge in [-0.05, 0) is 18.8 Å². The summed E-state index contributed by atoms with van der Waals surface area (Å²) >= 11 is 0. The monoisotopic (exact) mass is 227 g/mol. The summed E-state index contributed by atoms with van der Waals surface area (Å²) in [6, 6.07) is 0. The lowest BCUT2D eigenvalue weighted by Crippen LogP contribution is -2.26. The minimum atomic E-state index is -0.673. The summed E-state index contributed by atoms with van der Waals surface area (Å²) in [6.45, 7) is 2.70. The number of hydrogen-bond acceptors (Lipinski definition) is 4. The molecule has 6 heteroatoms. The molecule has 0 radical (unpaired) electrons. The van der Waals surface area contributed by atoms with Gasteiger partial charge in [0.05, 0.1) is 0 Å². The molecule has 90 valence electrons. The van der Waals surface area contributed by atoms with Gasteiger partial charge in [-0.15, -0.1) is 0 Å². The smallest absolute Gasteiger partial charge is 0.316 e. The standard InChI is InChI=1S/C10H17N3O3/c1-2-3-7(4-5-14)6-11-10-12-8(15)9(16)13-10/h7,14H,2-6H2,1H3,(H2,11,12,13,15,16). The van der Waals surface area contributed by atoms with Gasteiger partial charge in [-0.25, -0.2) is 0 Å². The Bertz CT molecular complexity index is 278. The van der Waals surface area contributed by atoms with Crippen molar-refractivity contribution in [1.82, 2.24) is 10.6 Å². The molecule has 1 fully saturated rings. The molecule has 2 amide bonds. The Kier molecular flexibility index (Phi) is 4.91. The molecule has 1 atom stereocenters. The summed E-state index contributed by atoms with van der Waals surface area (Å²) in [5.74, 6) is -0.841. The number of carbonyl (C=O) groups is 2.